The highest BCUT2D eigenvalue weighted by Crippen LogP contribution is 2.33. The Labute approximate surface area is 211 Å². The first-order valence-corrected chi connectivity index (χ1v) is 12.6. The minimum atomic E-state index is -0.253. The predicted molar refractivity (Wildman–Crippen MR) is 143 cm³/mol. The number of fused-ring (bicyclic) bond motifs is 1. The lowest BCUT2D eigenvalue weighted by molar-refractivity contribution is -0.121. The third-order valence-electron chi connectivity index (χ3n) is 6.30. The molecule has 2 aromatic heterocycles. The molecular weight excluding hydrogens is 485 g/mol. The summed E-state index contributed by atoms with van der Waals surface area (Å²) in [4.78, 5) is 37.3. The zero-order valence-corrected chi connectivity index (χ0v) is 21.0. The number of piperazine rings is 1. The van der Waals surface area contributed by atoms with E-state index in [1.165, 1.54) is 27.1 Å². The van der Waals surface area contributed by atoms with Crippen molar-refractivity contribution in [1.82, 2.24) is 14.3 Å². The van der Waals surface area contributed by atoms with Crippen molar-refractivity contribution in [3.63, 3.8) is 0 Å². The van der Waals surface area contributed by atoms with Gasteiger partial charge in [0.15, 0.2) is 0 Å². The first-order valence-electron chi connectivity index (χ1n) is 11.4. The number of hydrogen-bond donors (Lipinski definition) is 0. The fourth-order valence-electron chi connectivity index (χ4n) is 4.44. The van der Waals surface area contributed by atoms with Gasteiger partial charge in [0.1, 0.15) is 21.6 Å². The molecule has 0 aliphatic carbocycles. The van der Waals surface area contributed by atoms with Crippen LogP contribution in [0.3, 0.4) is 0 Å². The second-order valence-electron chi connectivity index (χ2n) is 8.39. The first kappa shape index (κ1) is 23.5. The van der Waals surface area contributed by atoms with Crippen molar-refractivity contribution in [2.45, 2.75) is 13.8 Å². The van der Waals surface area contributed by atoms with Crippen molar-refractivity contribution in [2.24, 2.45) is 0 Å². The molecular formula is C25H24FN5O2S2. The molecule has 0 bridgehead atoms. The average molecular weight is 510 g/mol. The maximum absolute atomic E-state index is 14.3. The molecule has 35 heavy (non-hydrogen) atoms. The molecule has 180 valence electrons. The number of nitrogens with zero attached hydrogens (tertiary/aromatic N) is 5. The number of pyridine rings is 1. The van der Waals surface area contributed by atoms with Crippen molar-refractivity contribution >= 4 is 57.4 Å². The SMILES string of the molecule is CCN1C(=O)/C(=C\c2c(N3CCN(c4ccccc4F)CC3)nc3c(C)cccn3c2=O)SC1=S. The van der Waals surface area contributed by atoms with Crippen LogP contribution in [0.4, 0.5) is 15.9 Å². The number of amides is 1. The van der Waals surface area contributed by atoms with Crippen LogP contribution in [0.2, 0.25) is 0 Å². The van der Waals surface area contributed by atoms with E-state index in [-0.39, 0.29) is 17.3 Å². The van der Waals surface area contributed by atoms with E-state index in [0.29, 0.717) is 64.7 Å². The number of benzene rings is 1. The summed E-state index contributed by atoms with van der Waals surface area (Å²) in [7, 11) is 0. The number of aromatic nitrogens is 2. The smallest absolute Gasteiger partial charge is 0.267 e. The normalized spacial score (nSPS) is 17.8. The van der Waals surface area contributed by atoms with E-state index >= 15 is 0 Å². The van der Waals surface area contributed by atoms with Gasteiger partial charge >= 0.3 is 0 Å². The quantitative estimate of drug-likeness (QED) is 0.393. The van der Waals surface area contributed by atoms with Crippen LogP contribution in [-0.4, -0.2) is 57.2 Å². The lowest BCUT2D eigenvalue weighted by atomic mass is 10.2. The summed E-state index contributed by atoms with van der Waals surface area (Å²) < 4.78 is 16.3. The Morgan fingerprint density at radius 3 is 2.49 bits per heavy atom. The number of thioether (sulfide) groups is 1. The lowest BCUT2D eigenvalue weighted by Crippen LogP contribution is -2.47. The summed E-state index contributed by atoms with van der Waals surface area (Å²) in [6.07, 6.45) is 3.31. The maximum Gasteiger partial charge on any atom is 0.267 e. The van der Waals surface area contributed by atoms with Crippen LogP contribution in [0, 0.1) is 12.7 Å². The zero-order valence-electron chi connectivity index (χ0n) is 19.4. The number of anilines is 2. The van der Waals surface area contributed by atoms with Crippen molar-refractivity contribution in [1.29, 1.82) is 0 Å². The van der Waals surface area contributed by atoms with Crippen LogP contribution in [0.1, 0.15) is 18.1 Å². The molecule has 5 rings (SSSR count). The van der Waals surface area contributed by atoms with E-state index in [1.54, 1.807) is 30.5 Å². The number of rotatable bonds is 4. The molecule has 1 amide bonds. The van der Waals surface area contributed by atoms with Crippen LogP contribution >= 0.6 is 24.0 Å². The highest BCUT2D eigenvalue weighted by molar-refractivity contribution is 8.26. The van der Waals surface area contributed by atoms with Gasteiger partial charge in [0.2, 0.25) is 0 Å². The molecule has 0 atom stereocenters. The average Bonchev–Trinajstić information content (AvgIpc) is 3.13. The van der Waals surface area contributed by atoms with Crippen LogP contribution in [0.15, 0.2) is 52.3 Å². The Hall–Kier alpha value is -3.24. The Morgan fingerprint density at radius 1 is 1.09 bits per heavy atom. The molecule has 2 aliphatic heterocycles. The molecule has 4 heterocycles. The third kappa shape index (κ3) is 4.21. The summed E-state index contributed by atoms with van der Waals surface area (Å²) >= 11 is 6.54. The fraction of sp³-hybridized carbons (Fsp3) is 0.280. The van der Waals surface area contributed by atoms with Crippen molar-refractivity contribution in [2.75, 3.05) is 42.5 Å². The second kappa shape index (κ2) is 9.43. The summed E-state index contributed by atoms with van der Waals surface area (Å²) in [5, 5.41) is 0. The molecule has 2 fully saturated rings. The summed E-state index contributed by atoms with van der Waals surface area (Å²) in [6, 6.07) is 10.4. The van der Waals surface area contributed by atoms with Crippen LogP contribution in [0.25, 0.3) is 11.7 Å². The maximum atomic E-state index is 14.3. The minimum absolute atomic E-state index is 0.202. The molecule has 2 aliphatic rings. The molecule has 1 aromatic carbocycles. The van der Waals surface area contributed by atoms with Gasteiger partial charge in [-0.1, -0.05) is 42.2 Å². The van der Waals surface area contributed by atoms with E-state index in [2.05, 4.69) is 0 Å². The number of aryl methyl sites for hydroxylation is 1. The molecule has 0 N–H and O–H groups in total. The molecule has 0 radical (unpaired) electrons. The monoisotopic (exact) mass is 509 g/mol. The lowest BCUT2D eigenvalue weighted by Gasteiger charge is -2.37. The highest BCUT2D eigenvalue weighted by atomic mass is 32.2. The van der Waals surface area contributed by atoms with Crippen LogP contribution in [0.5, 0.6) is 0 Å². The van der Waals surface area contributed by atoms with Gasteiger partial charge in [-0.3, -0.25) is 18.9 Å². The number of halogens is 1. The molecule has 10 heteroatoms. The summed E-state index contributed by atoms with van der Waals surface area (Å²) in [5.74, 6) is 0.0723. The van der Waals surface area contributed by atoms with Crippen LogP contribution < -0.4 is 15.4 Å². The zero-order chi connectivity index (χ0) is 24.7. The highest BCUT2D eigenvalue weighted by Gasteiger charge is 2.32. The molecule has 2 saturated heterocycles. The van der Waals surface area contributed by atoms with Gasteiger partial charge in [-0.15, -0.1) is 0 Å². The van der Waals surface area contributed by atoms with Gasteiger partial charge < -0.3 is 9.80 Å². The fourth-order valence-corrected chi connectivity index (χ4v) is 5.80. The van der Waals surface area contributed by atoms with E-state index in [4.69, 9.17) is 17.2 Å². The van der Waals surface area contributed by atoms with Gasteiger partial charge in [0.05, 0.1) is 16.2 Å². The predicted octanol–water partition coefficient (Wildman–Crippen LogP) is 3.69. The standard InChI is InChI=1S/C25H24FN5O2S2/c1-3-30-24(33)20(35-25(30)34)15-17-22(27-21-16(2)7-6-10-31(21)23(17)32)29-13-11-28(12-14-29)19-9-5-4-8-18(19)26/h4-10,15H,3,11-14H2,1-2H3/b20-15+. The molecule has 3 aromatic rings. The number of carbonyl (C=O) groups excluding carboxylic acids is 1. The largest absolute Gasteiger partial charge is 0.366 e. The molecule has 0 spiro atoms. The Kier molecular flexibility index (Phi) is 6.33. The minimum Gasteiger partial charge on any atom is -0.366 e. The Morgan fingerprint density at radius 2 is 1.80 bits per heavy atom. The van der Waals surface area contributed by atoms with Gasteiger partial charge in [-0.25, -0.2) is 9.37 Å². The van der Waals surface area contributed by atoms with E-state index in [1.807, 2.05) is 35.8 Å². The second-order valence-corrected chi connectivity index (χ2v) is 10.1. The summed E-state index contributed by atoms with van der Waals surface area (Å²) in [5.41, 5.74) is 2.12. The van der Waals surface area contributed by atoms with Crippen molar-refractivity contribution in [3.8, 4) is 0 Å². The van der Waals surface area contributed by atoms with E-state index in [0.717, 1.165) is 5.56 Å². The van der Waals surface area contributed by atoms with E-state index in [9.17, 15) is 14.0 Å². The van der Waals surface area contributed by atoms with Gasteiger partial charge in [0.25, 0.3) is 11.5 Å². The molecule has 0 saturated carbocycles. The van der Waals surface area contributed by atoms with E-state index < -0.39 is 0 Å². The summed E-state index contributed by atoms with van der Waals surface area (Å²) in [6.45, 7) is 6.51. The number of likely N-dealkylation sites (N-methyl/N-ethyl adjacent to an activating group) is 1. The van der Waals surface area contributed by atoms with Crippen molar-refractivity contribution in [3.05, 3.63) is 74.8 Å². The number of carbonyl (C=O) groups is 1. The first-order chi connectivity index (χ1) is 16.9. The molecule has 0 unspecified atom stereocenters. The number of hydrogen-bond acceptors (Lipinski definition) is 7. The Bertz CT molecular complexity index is 1430. The van der Waals surface area contributed by atoms with Gasteiger partial charge in [0, 0.05) is 38.9 Å². The Balaban J connectivity index is 1.56. The third-order valence-corrected chi connectivity index (χ3v) is 7.68. The topological polar surface area (TPSA) is 61.2 Å². The molecule has 7 nitrogen and oxygen atoms in total. The van der Waals surface area contributed by atoms with Gasteiger partial charge in [-0.05, 0) is 43.7 Å². The van der Waals surface area contributed by atoms with Crippen molar-refractivity contribution < 1.29 is 9.18 Å². The van der Waals surface area contributed by atoms with Gasteiger partial charge in [-0.2, -0.15) is 0 Å². The van der Waals surface area contributed by atoms with Crippen LogP contribution in [-0.2, 0) is 4.79 Å². The number of para-hydroxylation sites is 1. The number of thiocarbonyl (C=S) groups is 1.